The maximum absolute atomic E-state index is 14.2. The standard InChI is InChI=1S/C39H60O9/c1-7-9-10-11-12-13-14-15-16-17-18-19-20-21-30(42)47-35-26(4)38(46)29-22-25(3)34(44)37(29,45)23-28(24-40)32(43)31(38)33-36(6,8-2)39(33,35)48-27(5)41/h22-23,26,29,31,33,35,40,45-46H,7-21,24H2,1-6H3/t26-,29-,31+,33?,35-,36+,37-,38+,39-/m1/s1. The van der Waals surface area contributed by atoms with Gasteiger partial charge in [0.2, 0.25) is 0 Å². The smallest absolute Gasteiger partial charge is 0.306 e. The molecular formula is C39H60O9. The van der Waals surface area contributed by atoms with Gasteiger partial charge in [0.1, 0.15) is 6.10 Å². The second-order valence-electron chi connectivity index (χ2n) is 15.4. The van der Waals surface area contributed by atoms with Gasteiger partial charge < -0.3 is 24.8 Å². The molecule has 0 aromatic rings. The predicted molar refractivity (Wildman–Crippen MR) is 182 cm³/mol. The van der Waals surface area contributed by atoms with Crippen molar-refractivity contribution in [2.24, 2.45) is 29.1 Å². The van der Waals surface area contributed by atoms with Crippen LogP contribution in [0.3, 0.4) is 0 Å². The van der Waals surface area contributed by atoms with Gasteiger partial charge in [-0.15, -0.1) is 0 Å². The van der Waals surface area contributed by atoms with E-state index in [2.05, 4.69) is 6.92 Å². The Hall–Kier alpha value is -2.36. The van der Waals surface area contributed by atoms with E-state index in [1.807, 2.05) is 13.8 Å². The fourth-order valence-corrected chi connectivity index (χ4v) is 9.69. The Labute approximate surface area is 286 Å². The third kappa shape index (κ3) is 6.48. The van der Waals surface area contributed by atoms with Crippen LogP contribution in [0.4, 0.5) is 0 Å². The average Bonchev–Trinajstić information content (AvgIpc) is 3.50. The first-order valence-corrected chi connectivity index (χ1v) is 18.7. The summed E-state index contributed by atoms with van der Waals surface area (Å²) in [6, 6.07) is 0. The molecule has 0 spiro atoms. The van der Waals surface area contributed by atoms with E-state index in [-0.39, 0.29) is 17.6 Å². The molecule has 0 amide bonds. The Bertz CT molecular complexity index is 1290. The Kier molecular flexibility index (Phi) is 12.2. The Morgan fingerprint density at radius 2 is 1.44 bits per heavy atom. The average molecular weight is 673 g/mol. The van der Waals surface area contributed by atoms with Crippen molar-refractivity contribution in [3.63, 3.8) is 0 Å². The lowest BCUT2D eigenvalue weighted by molar-refractivity contribution is -0.229. The number of fused-ring (bicyclic) bond motifs is 5. The largest absolute Gasteiger partial charge is 0.458 e. The minimum atomic E-state index is -2.27. The van der Waals surface area contributed by atoms with Crippen molar-refractivity contribution in [3.8, 4) is 0 Å². The molecule has 0 aromatic carbocycles. The highest BCUT2D eigenvalue weighted by molar-refractivity contribution is 6.09. The maximum Gasteiger partial charge on any atom is 0.306 e. The van der Waals surface area contributed by atoms with Crippen molar-refractivity contribution in [3.05, 3.63) is 23.3 Å². The molecular weight excluding hydrogens is 612 g/mol. The highest BCUT2D eigenvalue weighted by Crippen LogP contribution is 2.78. The Morgan fingerprint density at radius 3 is 1.94 bits per heavy atom. The molecule has 2 saturated carbocycles. The van der Waals surface area contributed by atoms with Crippen LogP contribution in [-0.2, 0) is 28.7 Å². The van der Waals surface area contributed by atoms with Gasteiger partial charge in [-0.1, -0.05) is 111 Å². The fraction of sp³-hybridized carbons (Fsp3) is 0.795. The number of aliphatic hydroxyl groups excluding tert-OH is 1. The molecule has 1 unspecified atom stereocenters. The highest BCUT2D eigenvalue weighted by Gasteiger charge is 2.90. The van der Waals surface area contributed by atoms with Gasteiger partial charge in [-0.25, -0.2) is 0 Å². The molecule has 0 bridgehead atoms. The molecule has 4 aliphatic carbocycles. The van der Waals surface area contributed by atoms with E-state index in [0.29, 0.717) is 12.8 Å². The number of esters is 2. The molecule has 48 heavy (non-hydrogen) atoms. The van der Waals surface area contributed by atoms with Gasteiger partial charge >= 0.3 is 11.9 Å². The van der Waals surface area contributed by atoms with Crippen LogP contribution in [0, 0.1) is 29.1 Å². The number of aliphatic hydroxyl groups is 3. The molecule has 270 valence electrons. The molecule has 2 fully saturated rings. The van der Waals surface area contributed by atoms with Crippen molar-refractivity contribution >= 4 is 23.5 Å². The van der Waals surface area contributed by atoms with Crippen molar-refractivity contribution in [2.75, 3.05) is 6.61 Å². The van der Waals surface area contributed by atoms with Crippen LogP contribution in [0.15, 0.2) is 23.3 Å². The number of hydrogen-bond donors (Lipinski definition) is 3. The van der Waals surface area contributed by atoms with E-state index < -0.39 is 82.1 Å². The molecule has 4 rings (SSSR count). The Balaban J connectivity index is 1.49. The normalized spacial score (nSPS) is 36.7. The quantitative estimate of drug-likeness (QED) is 0.116. The molecule has 4 aliphatic rings. The summed E-state index contributed by atoms with van der Waals surface area (Å²) < 4.78 is 12.3. The molecule has 0 heterocycles. The number of rotatable bonds is 18. The van der Waals surface area contributed by atoms with E-state index in [0.717, 1.165) is 25.3 Å². The molecule has 9 nitrogen and oxygen atoms in total. The van der Waals surface area contributed by atoms with Gasteiger partial charge in [0, 0.05) is 42.1 Å². The van der Waals surface area contributed by atoms with E-state index in [1.165, 1.54) is 70.8 Å². The van der Waals surface area contributed by atoms with Gasteiger partial charge in [0.05, 0.1) is 18.1 Å². The number of ether oxygens (including phenoxy) is 2. The Morgan fingerprint density at radius 1 is 0.896 bits per heavy atom. The molecule has 0 aliphatic heterocycles. The second kappa shape index (κ2) is 15.3. The van der Waals surface area contributed by atoms with Crippen molar-refractivity contribution in [1.82, 2.24) is 0 Å². The summed E-state index contributed by atoms with van der Waals surface area (Å²) in [5.74, 6) is -6.64. The number of hydrogen-bond acceptors (Lipinski definition) is 9. The lowest BCUT2D eigenvalue weighted by atomic mass is 9.58. The molecule has 3 N–H and O–H groups in total. The van der Waals surface area contributed by atoms with Crippen LogP contribution in [0.2, 0.25) is 0 Å². The zero-order valence-corrected chi connectivity index (χ0v) is 30.1. The molecule has 9 heteroatoms. The summed E-state index contributed by atoms with van der Waals surface area (Å²) in [6.45, 7) is 9.69. The SMILES string of the molecule is CCCCCCCCCCCCCCCC(=O)O[C@@H]1[C@@H](C)[C@@]2(O)[C@@H](C(=O)C(CO)=C[C@]3(O)C(=O)C(C)=C[C@@H]23)C2[C@](C)(CC)[C@@]21OC(C)=O. The lowest BCUT2D eigenvalue weighted by Crippen LogP contribution is -2.67. The molecule has 0 radical (unpaired) electrons. The fourth-order valence-electron chi connectivity index (χ4n) is 9.69. The summed E-state index contributed by atoms with van der Waals surface area (Å²) in [4.78, 5) is 53.7. The van der Waals surface area contributed by atoms with Crippen molar-refractivity contribution in [2.45, 2.75) is 161 Å². The lowest BCUT2D eigenvalue weighted by Gasteiger charge is -2.52. The minimum absolute atomic E-state index is 0.159. The first kappa shape index (κ1) is 38.4. The van der Waals surface area contributed by atoms with E-state index >= 15 is 0 Å². The van der Waals surface area contributed by atoms with Gasteiger partial charge in [0.25, 0.3) is 0 Å². The third-order valence-electron chi connectivity index (χ3n) is 12.5. The zero-order valence-electron chi connectivity index (χ0n) is 30.1. The number of ketones is 2. The topological polar surface area (TPSA) is 147 Å². The maximum atomic E-state index is 14.2. The van der Waals surface area contributed by atoms with Crippen molar-refractivity contribution in [1.29, 1.82) is 0 Å². The van der Waals surface area contributed by atoms with Gasteiger partial charge in [-0.05, 0) is 31.4 Å². The number of Topliss-reactive ketones (excluding diaryl/α,β-unsaturated/α-hetero) is 2. The van der Waals surface area contributed by atoms with Gasteiger partial charge in [0.15, 0.2) is 22.8 Å². The highest BCUT2D eigenvalue weighted by atomic mass is 16.6. The monoisotopic (exact) mass is 672 g/mol. The molecule has 0 saturated heterocycles. The van der Waals surface area contributed by atoms with E-state index in [1.54, 1.807) is 13.8 Å². The summed E-state index contributed by atoms with van der Waals surface area (Å²) in [5, 5.41) is 34.9. The van der Waals surface area contributed by atoms with Crippen LogP contribution < -0.4 is 0 Å². The zero-order chi connectivity index (χ0) is 35.5. The first-order valence-electron chi connectivity index (χ1n) is 18.7. The second-order valence-corrected chi connectivity index (χ2v) is 15.4. The minimum Gasteiger partial charge on any atom is -0.458 e. The van der Waals surface area contributed by atoms with E-state index in [9.17, 15) is 34.5 Å². The van der Waals surface area contributed by atoms with Crippen LogP contribution in [-0.4, -0.2) is 68.3 Å². The van der Waals surface area contributed by atoms with Crippen LogP contribution >= 0.6 is 0 Å². The molecule has 0 aromatic heterocycles. The molecule has 9 atom stereocenters. The third-order valence-corrected chi connectivity index (χ3v) is 12.5. The van der Waals surface area contributed by atoms with E-state index in [4.69, 9.17) is 9.47 Å². The summed E-state index contributed by atoms with van der Waals surface area (Å²) in [5.41, 5.74) is -6.55. The van der Waals surface area contributed by atoms with Crippen LogP contribution in [0.25, 0.3) is 0 Å². The number of carbonyl (C=O) groups excluding carboxylic acids is 4. The van der Waals surface area contributed by atoms with Crippen LogP contribution in [0.5, 0.6) is 0 Å². The van der Waals surface area contributed by atoms with Crippen LogP contribution in [0.1, 0.15) is 138 Å². The van der Waals surface area contributed by atoms with Gasteiger partial charge in [-0.3, -0.25) is 19.2 Å². The summed E-state index contributed by atoms with van der Waals surface area (Å²) >= 11 is 0. The van der Waals surface area contributed by atoms with Crippen molar-refractivity contribution < 1.29 is 44.0 Å². The summed E-state index contributed by atoms with van der Waals surface area (Å²) in [6.07, 6.45) is 17.3. The first-order chi connectivity index (χ1) is 22.7. The summed E-state index contributed by atoms with van der Waals surface area (Å²) in [7, 11) is 0. The number of carbonyl (C=O) groups is 4. The predicted octanol–water partition coefficient (Wildman–Crippen LogP) is 6.10. The van der Waals surface area contributed by atoms with Gasteiger partial charge in [-0.2, -0.15) is 0 Å². The number of unbranched alkanes of at least 4 members (excludes halogenated alkanes) is 12.